The summed E-state index contributed by atoms with van der Waals surface area (Å²) in [5.74, 6) is 1.71. The maximum absolute atomic E-state index is 9.09. The van der Waals surface area contributed by atoms with Gasteiger partial charge in [-0.3, -0.25) is 0 Å². The Labute approximate surface area is 197 Å². The number of methoxy groups -OCH3 is 1. The molecular formula is C26H25N5OS. The predicted octanol–water partition coefficient (Wildman–Crippen LogP) is 5.09. The zero-order valence-corrected chi connectivity index (χ0v) is 19.4. The SMILES string of the molecule is COCc1nc(N2CCCN(c3ccc(C#N)cc3)CC2)c2c(-c3ccccc3)csc2n1. The fourth-order valence-corrected chi connectivity index (χ4v) is 5.31. The molecule has 0 amide bonds. The second-order valence-electron chi connectivity index (χ2n) is 8.08. The molecule has 0 unspecified atom stereocenters. The van der Waals surface area contributed by atoms with Crippen LogP contribution in [0.15, 0.2) is 60.0 Å². The van der Waals surface area contributed by atoms with Gasteiger partial charge in [-0.2, -0.15) is 5.26 Å². The van der Waals surface area contributed by atoms with E-state index in [1.54, 1.807) is 18.4 Å². The zero-order valence-electron chi connectivity index (χ0n) is 18.6. The summed E-state index contributed by atoms with van der Waals surface area (Å²) in [6.45, 7) is 4.04. The Bertz CT molecular complexity index is 1280. The average Bonchev–Trinajstić information content (AvgIpc) is 3.13. The van der Waals surface area contributed by atoms with Crippen LogP contribution in [0.25, 0.3) is 21.3 Å². The Balaban J connectivity index is 1.50. The van der Waals surface area contributed by atoms with Crippen molar-refractivity contribution in [1.29, 1.82) is 5.26 Å². The van der Waals surface area contributed by atoms with E-state index < -0.39 is 0 Å². The van der Waals surface area contributed by atoms with Gasteiger partial charge < -0.3 is 14.5 Å². The smallest absolute Gasteiger partial charge is 0.158 e. The van der Waals surface area contributed by atoms with Gasteiger partial charge in [-0.25, -0.2) is 9.97 Å². The summed E-state index contributed by atoms with van der Waals surface area (Å²) >= 11 is 1.66. The maximum Gasteiger partial charge on any atom is 0.158 e. The Hall–Kier alpha value is -3.47. The van der Waals surface area contributed by atoms with Gasteiger partial charge in [-0.05, 0) is 36.2 Å². The summed E-state index contributed by atoms with van der Waals surface area (Å²) in [5.41, 5.74) is 4.21. The first kappa shape index (κ1) is 21.4. The third-order valence-electron chi connectivity index (χ3n) is 5.98. The van der Waals surface area contributed by atoms with Crippen molar-refractivity contribution in [3.8, 4) is 17.2 Å². The van der Waals surface area contributed by atoms with Gasteiger partial charge in [0.25, 0.3) is 0 Å². The number of aromatic nitrogens is 2. The minimum atomic E-state index is 0.396. The molecule has 1 saturated heterocycles. The monoisotopic (exact) mass is 455 g/mol. The van der Waals surface area contributed by atoms with Crippen molar-refractivity contribution in [3.05, 3.63) is 71.4 Å². The lowest BCUT2D eigenvalue weighted by molar-refractivity contribution is 0.178. The number of hydrogen-bond acceptors (Lipinski definition) is 7. The molecule has 0 aliphatic carbocycles. The van der Waals surface area contributed by atoms with E-state index in [0.717, 1.165) is 60.1 Å². The van der Waals surface area contributed by atoms with Crippen molar-refractivity contribution in [3.63, 3.8) is 0 Å². The molecule has 0 atom stereocenters. The van der Waals surface area contributed by atoms with Gasteiger partial charge in [-0.1, -0.05) is 30.3 Å². The summed E-state index contributed by atoms with van der Waals surface area (Å²) < 4.78 is 5.36. The molecule has 0 saturated carbocycles. The summed E-state index contributed by atoms with van der Waals surface area (Å²) in [6, 6.07) is 20.5. The number of hydrogen-bond donors (Lipinski definition) is 0. The first-order valence-corrected chi connectivity index (χ1v) is 12.0. The standard InChI is InChI=1S/C26H25N5OS/c1-32-17-23-28-25(24-22(18-33-26(24)29-23)20-6-3-2-4-7-20)31-13-5-12-30(14-15-31)21-10-8-19(16-27)9-11-21/h2-4,6-11,18H,5,12-15,17H2,1H3. The topological polar surface area (TPSA) is 65.3 Å². The van der Waals surface area contributed by atoms with Crippen LogP contribution in [0.5, 0.6) is 0 Å². The molecule has 2 aromatic carbocycles. The lowest BCUT2D eigenvalue weighted by Crippen LogP contribution is -2.31. The van der Waals surface area contributed by atoms with E-state index in [2.05, 4.69) is 45.5 Å². The van der Waals surface area contributed by atoms with Crippen LogP contribution < -0.4 is 9.80 Å². The lowest BCUT2D eigenvalue weighted by atomic mass is 10.1. The van der Waals surface area contributed by atoms with Gasteiger partial charge in [0.15, 0.2) is 5.82 Å². The van der Waals surface area contributed by atoms with E-state index in [-0.39, 0.29) is 0 Å². The van der Waals surface area contributed by atoms with Crippen molar-refractivity contribution >= 4 is 33.1 Å². The molecule has 1 aliphatic rings. The number of rotatable bonds is 5. The second-order valence-corrected chi connectivity index (χ2v) is 8.94. The molecule has 6 nitrogen and oxygen atoms in total. The fourth-order valence-electron chi connectivity index (χ4n) is 4.35. The Kier molecular flexibility index (Phi) is 6.20. The first-order valence-electron chi connectivity index (χ1n) is 11.1. The van der Waals surface area contributed by atoms with Crippen LogP contribution >= 0.6 is 11.3 Å². The predicted molar refractivity (Wildman–Crippen MR) is 134 cm³/mol. The highest BCUT2D eigenvalue weighted by molar-refractivity contribution is 7.17. The first-order chi connectivity index (χ1) is 16.3. The van der Waals surface area contributed by atoms with Crippen molar-refractivity contribution in [2.75, 3.05) is 43.1 Å². The largest absolute Gasteiger partial charge is 0.377 e. The Morgan fingerprint density at radius 2 is 1.73 bits per heavy atom. The van der Waals surface area contributed by atoms with Crippen molar-refractivity contribution in [2.24, 2.45) is 0 Å². The molecule has 4 aromatic rings. The molecule has 3 heterocycles. The number of thiophene rings is 1. The van der Waals surface area contributed by atoms with Crippen LogP contribution in [-0.2, 0) is 11.3 Å². The molecule has 7 heteroatoms. The molecule has 1 fully saturated rings. The Morgan fingerprint density at radius 1 is 0.970 bits per heavy atom. The van der Waals surface area contributed by atoms with Gasteiger partial charge in [0.05, 0.1) is 17.0 Å². The molecular weight excluding hydrogens is 430 g/mol. The summed E-state index contributed by atoms with van der Waals surface area (Å²) in [5, 5.41) is 12.4. The Morgan fingerprint density at radius 3 is 2.48 bits per heavy atom. The number of nitrogens with zero attached hydrogens (tertiary/aromatic N) is 5. The molecule has 0 N–H and O–H groups in total. The summed E-state index contributed by atoms with van der Waals surface area (Å²) in [4.78, 5) is 15.5. The number of anilines is 2. The molecule has 1 aliphatic heterocycles. The van der Waals surface area contributed by atoms with E-state index in [0.29, 0.717) is 12.2 Å². The highest BCUT2D eigenvalue weighted by Crippen LogP contribution is 2.38. The average molecular weight is 456 g/mol. The number of nitriles is 1. The van der Waals surface area contributed by atoms with Gasteiger partial charge in [0.2, 0.25) is 0 Å². The minimum absolute atomic E-state index is 0.396. The third kappa shape index (κ3) is 4.40. The number of fused-ring (bicyclic) bond motifs is 1. The highest BCUT2D eigenvalue weighted by atomic mass is 32.1. The molecule has 33 heavy (non-hydrogen) atoms. The zero-order chi connectivity index (χ0) is 22.6. The normalized spacial score (nSPS) is 14.3. The van der Waals surface area contributed by atoms with Crippen LogP contribution in [0.1, 0.15) is 17.8 Å². The number of ether oxygens (including phenoxy) is 1. The van der Waals surface area contributed by atoms with Crippen molar-refractivity contribution in [2.45, 2.75) is 13.0 Å². The van der Waals surface area contributed by atoms with Gasteiger partial charge in [0.1, 0.15) is 17.3 Å². The highest BCUT2D eigenvalue weighted by Gasteiger charge is 2.22. The quantitative estimate of drug-likeness (QED) is 0.417. The van der Waals surface area contributed by atoms with Gasteiger partial charge in [-0.15, -0.1) is 11.3 Å². The van der Waals surface area contributed by atoms with E-state index in [9.17, 15) is 0 Å². The minimum Gasteiger partial charge on any atom is -0.377 e. The van der Waals surface area contributed by atoms with Crippen LogP contribution in [0.2, 0.25) is 0 Å². The third-order valence-corrected chi connectivity index (χ3v) is 6.85. The van der Waals surface area contributed by atoms with E-state index in [1.807, 2.05) is 30.3 Å². The molecule has 2 aromatic heterocycles. The van der Waals surface area contributed by atoms with Crippen LogP contribution in [0.3, 0.4) is 0 Å². The molecule has 166 valence electrons. The van der Waals surface area contributed by atoms with Crippen molar-refractivity contribution in [1.82, 2.24) is 9.97 Å². The second kappa shape index (κ2) is 9.57. The molecule has 0 radical (unpaired) electrons. The van der Waals surface area contributed by atoms with E-state index in [4.69, 9.17) is 20.0 Å². The van der Waals surface area contributed by atoms with Gasteiger partial charge in [0, 0.05) is 49.9 Å². The maximum atomic E-state index is 9.09. The number of benzene rings is 2. The van der Waals surface area contributed by atoms with Crippen molar-refractivity contribution < 1.29 is 4.74 Å². The van der Waals surface area contributed by atoms with E-state index in [1.165, 1.54) is 11.1 Å². The van der Waals surface area contributed by atoms with Crippen LogP contribution in [0, 0.1) is 11.3 Å². The van der Waals surface area contributed by atoms with E-state index >= 15 is 0 Å². The van der Waals surface area contributed by atoms with Gasteiger partial charge >= 0.3 is 0 Å². The lowest BCUT2D eigenvalue weighted by Gasteiger charge is -2.25. The fraction of sp³-hybridized carbons (Fsp3) is 0.269. The molecule has 0 spiro atoms. The summed E-state index contributed by atoms with van der Waals surface area (Å²) in [7, 11) is 1.68. The van der Waals surface area contributed by atoms with Crippen LogP contribution in [0.4, 0.5) is 11.5 Å². The molecule has 0 bridgehead atoms. The van der Waals surface area contributed by atoms with Crippen LogP contribution in [-0.4, -0.2) is 43.3 Å². The summed E-state index contributed by atoms with van der Waals surface area (Å²) in [6.07, 6.45) is 1.02. The molecule has 5 rings (SSSR count).